The number of nitrogens with one attached hydrogen (secondary N) is 1. The first-order chi connectivity index (χ1) is 18.2. The Kier molecular flexibility index (Phi) is 8.78. The Balaban J connectivity index is 1.53. The van der Waals surface area contributed by atoms with Crippen LogP contribution in [0.15, 0.2) is 47.0 Å². The van der Waals surface area contributed by atoms with Gasteiger partial charge in [-0.25, -0.2) is 9.40 Å². The van der Waals surface area contributed by atoms with E-state index >= 15 is 0 Å². The number of rotatable bonds is 11. The van der Waals surface area contributed by atoms with Crippen molar-refractivity contribution >= 4 is 17.5 Å². The summed E-state index contributed by atoms with van der Waals surface area (Å²) >= 11 is 0. The van der Waals surface area contributed by atoms with E-state index in [2.05, 4.69) is 17.4 Å². The summed E-state index contributed by atoms with van der Waals surface area (Å²) in [5, 5.41) is 10.4. The molecule has 2 heterocycles. The lowest BCUT2D eigenvalue weighted by atomic mass is 10.1. The van der Waals surface area contributed by atoms with Crippen molar-refractivity contribution in [3.05, 3.63) is 70.7 Å². The molecule has 9 heteroatoms. The van der Waals surface area contributed by atoms with E-state index in [1.807, 2.05) is 43.1 Å². The van der Waals surface area contributed by atoms with Crippen LogP contribution in [0.4, 0.5) is 10.1 Å². The third-order valence-electron chi connectivity index (χ3n) is 6.88. The molecule has 202 valence electrons. The highest BCUT2D eigenvalue weighted by Gasteiger charge is 2.27. The van der Waals surface area contributed by atoms with E-state index in [1.165, 1.54) is 12.1 Å². The molecule has 0 atom stereocenters. The molecular formula is C29H36FN5O3. The Morgan fingerprint density at radius 1 is 1.05 bits per heavy atom. The van der Waals surface area contributed by atoms with Gasteiger partial charge in [-0.1, -0.05) is 43.1 Å². The maximum atomic E-state index is 13.7. The molecule has 0 fully saturated rings. The number of aromatic nitrogens is 1. The number of unbranched alkanes of at least 4 members (excludes halogenated alkanes) is 2. The second-order valence-corrected chi connectivity index (χ2v) is 9.90. The van der Waals surface area contributed by atoms with Crippen molar-refractivity contribution in [1.29, 1.82) is 0 Å². The fourth-order valence-electron chi connectivity index (χ4n) is 4.64. The topological polar surface area (TPSA) is 81.9 Å². The Bertz CT molecular complexity index is 1290. The zero-order valence-corrected chi connectivity index (χ0v) is 22.6. The minimum absolute atomic E-state index is 0.000186. The summed E-state index contributed by atoms with van der Waals surface area (Å²) in [4.78, 5) is 28.2. The van der Waals surface area contributed by atoms with E-state index in [0.717, 1.165) is 52.9 Å². The number of amides is 2. The maximum Gasteiger partial charge on any atom is 0.256 e. The molecule has 2 aromatic carbocycles. The highest BCUT2D eigenvalue weighted by atomic mass is 19.1. The van der Waals surface area contributed by atoms with Crippen LogP contribution in [0.2, 0.25) is 0 Å². The molecular weight excluding hydrogens is 485 g/mol. The third kappa shape index (κ3) is 6.58. The van der Waals surface area contributed by atoms with Gasteiger partial charge in [0.15, 0.2) is 5.76 Å². The highest BCUT2D eigenvalue weighted by molar-refractivity contribution is 5.87. The Morgan fingerprint density at radius 3 is 2.58 bits per heavy atom. The summed E-state index contributed by atoms with van der Waals surface area (Å²) in [7, 11) is 1.72. The number of carbonyl (C=O) groups excluding carboxylic acids is 2. The van der Waals surface area contributed by atoms with Crippen molar-refractivity contribution in [3.8, 4) is 11.3 Å². The second-order valence-electron chi connectivity index (χ2n) is 9.90. The lowest BCUT2D eigenvalue weighted by molar-refractivity contribution is -0.145. The van der Waals surface area contributed by atoms with Crippen molar-refractivity contribution < 1.29 is 18.5 Å². The minimum Gasteiger partial charge on any atom is -0.356 e. The van der Waals surface area contributed by atoms with Crippen molar-refractivity contribution in [3.63, 3.8) is 0 Å². The Morgan fingerprint density at radius 2 is 1.84 bits per heavy atom. The second kappa shape index (κ2) is 12.2. The molecule has 0 saturated carbocycles. The van der Waals surface area contributed by atoms with Crippen molar-refractivity contribution in [2.45, 2.75) is 53.1 Å². The van der Waals surface area contributed by atoms with E-state index in [4.69, 9.17) is 4.52 Å². The molecule has 2 amide bonds. The van der Waals surface area contributed by atoms with Crippen LogP contribution < -0.4 is 10.2 Å². The fourth-order valence-corrected chi connectivity index (χ4v) is 4.64. The van der Waals surface area contributed by atoms with Crippen LogP contribution in [0.25, 0.3) is 11.3 Å². The molecule has 1 aromatic heterocycles. The summed E-state index contributed by atoms with van der Waals surface area (Å²) in [6.45, 7) is 7.55. The lowest BCUT2D eigenvalue weighted by Gasteiger charge is -2.32. The lowest BCUT2D eigenvalue weighted by Crippen LogP contribution is -2.48. The Labute approximate surface area is 223 Å². The number of carbonyl (C=O) groups is 2. The van der Waals surface area contributed by atoms with Crippen molar-refractivity contribution in [2.24, 2.45) is 0 Å². The number of hydrogen-bond donors (Lipinski definition) is 1. The summed E-state index contributed by atoms with van der Waals surface area (Å²) in [6.07, 6.45) is 3.04. The smallest absolute Gasteiger partial charge is 0.256 e. The Hall–Kier alpha value is -3.72. The van der Waals surface area contributed by atoms with Gasteiger partial charge in [0.2, 0.25) is 5.91 Å². The number of nitrogens with zero attached hydrogens (tertiary/aromatic N) is 4. The molecule has 0 radical (unpaired) electrons. The van der Waals surface area contributed by atoms with Crippen LogP contribution in [-0.4, -0.2) is 53.7 Å². The average Bonchev–Trinajstić information content (AvgIpc) is 3.52. The predicted octanol–water partition coefficient (Wildman–Crippen LogP) is 4.60. The van der Waals surface area contributed by atoms with Crippen LogP contribution in [-0.2, 0) is 22.7 Å². The third-order valence-corrected chi connectivity index (χ3v) is 6.88. The summed E-state index contributed by atoms with van der Waals surface area (Å²) < 4.78 is 19.2. The van der Waals surface area contributed by atoms with Crippen LogP contribution in [0.3, 0.4) is 0 Å². The zero-order valence-electron chi connectivity index (χ0n) is 22.6. The number of halogens is 1. The van der Waals surface area contributed by atoms with Gasteiger partial charge in [-0.15, -0.1) is 0 Å². The van der Waals surface area contributed by atoms with E-state index in [0.29, 0.717) is 25.4 Å². The van der Waals surface area contributed by atoms with Crippen LogP contribution in [0, 0.1) is 19.7 Å². The molecule has 0 bridgehead atoms. The number of fused-ring (bicyclic) bond motifs is 1. The van der Waals surface area contributed by atoms with E-state index in [1.54, 1.807) is 23.0 Å². The predicted molar refractivity (Wildman–Crippen MR) is 145 cm³/mol. The van der Waals surface area contributed by atoms with Crippen molar-refractivity contribution in [2.75, 3.05) is 31.6 Å². The number of hydrogen-bond acceptors (Lipinski definition) is 6. The SMILES string of the molecule is CCCCCNC(=O)CN(CC(=O)N(C)N1Cc2ccc(F)cc2C1)c1cc(-c2cc(C)no2)ccc1C. The van der Waals surface area contributed by atoms with Gasteiger partial charge in [0.25, 0.3) is 5.91 Å². The van der Waals surface area contributed by atoms with Gasteiger partial charge in [-0.2, -0.15) is 0 Å². The molecule has 38 heavy (non-hydrogen) atoms. The highest BCUT2D eigenvalue weighted by Crippen LogP contribution is 2.29. The average molecular weight is 522 g/mol. The number of benzene rings is 2. The number of anilines is 1. The first-order valence-corrected chi connectivity index (χ1v) is 13.1. The first-order valence-electron chi connectivity index (χ1n) is 13.1. The normalized spacial score (nSPS) is 12.9. The van der Waals surface area contributed by atoms with Gasteiger partial charge < -0.3 is 14.7 Å². The van der Waals surface area contributed by atoms with Gasteiger partial charge in [0.1, 0.15) is 5.82 Å². The molecule has 1 aliphatic rings. The van der Waals surface area contributed by atoms with Crippen LogP contribution in [0.1, 0.15) is 48.6 Å². The van der Waals surface area contributed by atoms with Gasteiger partial charge in [-0.05, 0) is 55.2 Å². The van der Waals surface area contributed by atoms with Gasteiger partial charge in [-0.3, -0.25) is 14.6 Å². The van der Waals surface area contributed by atoms with E-state index in [-0.39, 0.29) is 30.7 Å². The van der Waals surface area contributed by atoms with Crippen molar-refractivity contribution in [1.82, 2.24) is 20.5 Å². The molecule has 3 aromatic rings. The van der Waals surface area contributed by atoms with E-state index < -0.39 is 0 Å². The largest absolute Gasteiger partial charge is 0.356 e. The zero-order chi connectivity index (χ0) is 27.2. The molecule has 1 aliphatic heterocycles. The molecule has 1 N–H and O–H groups in total. The van der Waals surface area contributed by atoms with Gasteiger partial charge in [0, 0.05) is 44.0 Å². The van der Waals surface area contributed by atoms with Gasteiger partial charge >= 0.3 is 0 Å². The minimum atomic E-state index is -0.284. The van der Waals surface area contributed by atoms with Crippen LogP contribution in [0.5, 0.6) is 0 Å². The number of hydrazine groups is 1. The maximum absolute atomic E-state index is 13.7. The number of likely N-dealkylation sites (N-methyl/N-ethyl adjacent to an activating group) is 1. The molecule has 0 spiro atoms. The molecule has 0 unspecified atom stereocenters. The van der Waals surface area contributed by atoms with E-state index in [9.17, 15) is 14.0 Å². The fraction of sp³-hybridized carbons (Fsp3) is 0.414. The molecule has 8 nitrogen and oxygen atoms in total. The standard InChI is InChI=1S/C29H36FN5O3/c1-5-6-7-12-31-28(36)18-34(26-15-22(9-8-20(26)2)27-13-21(3)32-38-27)19-29(37)33(4)35-16-23-10-11-25(30)14-24(23)17-35/h8-11,13-15H,5-7,12,16-19H2,1-4H3,(H,31,36). The summed E-state index contributed by atoms with van der Waals surface area (Å²) in [5.74, 6) is 0.0320. The first kappa shape index (κ1) is 27.3. The summed E-state index contributed by atoms with van der Waals surface area (Å²) in [6, 6.07) is 12.4. The molecule has 0 saturated heterocycles. The monoisotopic (exact) mass is 521 g/mol. The quantitative estimate of drug-likeness (QED) is 0.372. The summed E-state index contributed by atoms with van der Waals surface area (Å²) in [5.41, 5.74) is 5.17. The number of aryl methyl sites for hydroxylation is 2. The molecule has 4 rings (SSSR count). The molecule has 0 aliphatic carbocycles. The van der Waals surface area contributed by atoms with Crippen LogP contribution >= 0.6 is 0 Å². The van der Waals surface area contributed by atoms with Gasteiger partial charge in [0.05, 0.1) is 18.8 Å².